The van der Waals surface area contributed by atoms with E-state index < -0.39 is 0 Å². The molecule has 80 valence electrons. The van der Waals surface area contributed by atoms with Crippen molar-refractivity contribution in [2.24, 2.45) is 5.92 Å². The van der Waals surface area contributed by atoms with Gasteiger partial charge in [-0.05, 0) is 11.7 Å². The summed E-state index contributed by atoms with van der Waals surface area (Å²) in [4.78, 5) is 25.7. The van der Waals surface area contributed by atoms with Crippen molar-refractivity contribution >= 4 is 24.6 Å². The van der Waals surface area contributed by atoms with Gasteiger partial charge in [-0.1, -0.05) is 13.3 Å². The second-order valence-electron chi connectivity index (χ2n) is 3.60. The Morgan fingerprint density at radius 3 is 2.50 bits per heavy atom. The Hall–Kier alpha value is -0.710. The largest absolute Gasteiger partial charge is 0.326 e. The van der Waals surface area contributed by atoms with Gasteiger partial charge in [0.05, 0.1) is 0 Å². The summed E-state index contributed by atoms with van der Waals surface area (Å²) in [6.45, 7) is 2.75. The summed E-state index contributed by atoms with van der Waals surface area (Å²) in [6, 6.07) is -0.185. The zero-order chi connectivity index (χ0) is 10.7. The molecule has 14 heavy (non-hydrogen) atoms. The summed E-state index contributed by atoms with van der Waals surface area (Å²) in [5, 5.41) is 0. The third-order valence-corrected chi connectivity index (χ3v) is 3.02. The second kappa shape index (κ2) is 4.68. The number of imide groups is 1. The molecular formula is C9H16N2O2S. The number of thiol groups is 1. The van der Waals surface area contributed by atoms with Crippen LogP contribution in [0.3, 0.4) is 0 Å². The fourth-order valence-electron chi connectivity index (χ4n) is 1.42. The van der Waals surface area contributed by atoms with Crippen molar-refractivity contribution in [1.29, 1.82) is 0 Å². The van der Waals surface area contributed by atoms with E-state index in [-0.39, 0.29) is 18.5 Å². The zero-order valence-electron chi connectivity index (χ0n) is 8.56. The average molecular weight is 216 g/mol. The SMILES string of the molecule is CCC(CS)CN1C(=O)CN(C)C1=O. The van der Waals surface area contributed by atoms with Gasteiger partial charge in [0.2, 0.25) is 5.91 Å². The predicted molar refractivity (Wildman–Crippen MR) is 57.4 cm³/mol. The van der Waals surface area contributed by atoms with E-state index in [1.165, 1.54) is 9.80 Å². The van der Waals surface area contributed by atoms with Gasteiger partial charge in [0.1, 0.15) is 6.54 Å². The van der Waals surface area contributed by atoms with E-state index in [0.29, 0.717) is 18.2 Å². The highest BCUT2D eigenvalue weighted by Crippen LogP contribution is 2.13. The van der Waals surface area contributed by atoms with Gasteiger partial charge in [0, 0.05) is 13.6 Å². The molecule has 1 heterocycles. The maximum Gasteiger partial charge on any atom is 0.326 e. The fourth-order valence-corrected chi connectivity index (χ4v) is 1.80. The van der Waals surface area contributed by atoms with Crippen LogP contribution in [0.2, 0.25) is 0 Å². The molecule has 3 amide bonds. The molecule has 0 spiro atoms. The van der Waals surface area contributed by atoms with Gasteiger partial charge in [-0.2, -0.15) is 12.6 Å². The van der Waals surface area contributed by atoms with E-state index >= 15 is 0 Å². The van der Waals surface area contributed by atoms with Gasteiger partial charge in [-0.15, -0.1) is 0 Å². The number of carbonyl (C=O) groups excluding carboxylic acids is 2. The van der Waals surface area contributed by atoms with Crippen LogP contribution in [0.15, 0.2) is 0 Å². The summed E-state index contributed by atoms with van der Waals surface area (Å²) in [5.74, 6) is 0.910. The zero-order valence-corrected chi connectivity index (χ0v) is 9.46. The first-order valence-electron chi connectivity index (χ1n) is 4.76. The standard InChI is InChI=1S/C9H16N2O2S/c1-3-7(6-14)4-11-8(12)5-10(2)9(11)13/h7,14H,3-6H2,1-2H3. The van der Waals surface area contributed by atoms with Gasteiger partial charge in [0.15, 0.2) is 0 Å². The number of carbonyl (C=O) groups is 2. The first-order chi connectivity index (χ1) is 6.60. The van der Waals surface area contributed by atoms with Gasteiger partial charge < -0.3 is 4.90 Å². The molecule has 0 aromatic heterocycles. The van der Waals surface area contributed by atoms with E-state index in [9.17, 15) is 9.59 Å². The number of nitrogens with zero attached hydrogens (tertiary/aromatic N) is 2. The van der Waals surface area contributed by atoms with Crippen LogP contribution in [-0.2, 0) is 4.79 Å². The maximum absolute atomic E-state index is 11.5. The van der Waals surface area contributed by atoms with Crippen LogP contribution in [0.5, 0.6) is 0 Å². The first kappa shape index (κ1) is 11.4. The van der Waals surface area contributed by atoms with Crippen molar-refractivity contribution in [2.45, 2.75) is 13.3 Å². The van der Waals surface area contributed by atoms with Crippen LogP contribution in [-0.4, -0.2) is 47.6 Å². The summed E-state index contributed by atoms with van der Waals surface area (Å²) in [7, 11) is 1.64. The molecule has 0 aliphatic carbocycles. The molecule has 1 rings (SSSR count). The lowest BCUT2D eigenvalue weighted by atomic mass is 10.1. The summed E-state index contributed by atoms with van der Waals surface area (Å²) in [5.41, 5.74) is 0. The van der Waals surface area contributed by atoms with Crippen molar-refractivity contribution in [2.75, 3.05) is 25.9 Å². The molecule has 5 heteroatoms. The van der Waals surface area contributed by atoms with Crippen LogP contribution in [0.1, 0.15) is 13.3 Å². The topological polar surface area (TPSA) is 40.6 Å². The minimum atomic E-state index is -0.185. The Morgan fingerprint density at radius 1 is 1.50 bits per heavy atom. The van der Waals surface area contributed by atoms with Crippen molar-refractivity contribution in [1.82, 2.24) is 9.80 Å². The molecule has 0 aromatic rings. The summed E-state index contributed by atoms with van der Waals surface area (Å²) >= 11 is 4.19. The molecule has 0 N–H and O–H groups in total. The van der Waals surface area contributed by atoms with Crippen LogP contribution >= 0.6 is 12.6 Å². The van der Waals surface area contributed by atoms with E-state index in [1.54, 1.807) is 7.05 Å². The highest BCUT2D eigenvalue weighted by atomic mass is 32.1. The molecule has 1 aliphatic rings. The van der Waals surface area contributed by atoms with Crippen LogP contribution in [0.4, 0.5) is 4.79 Å². The molecule has 0 bridgehead atoms. The minimum absolute atomic E-state index is 0.0993. The van der Waals surface area contributed by atoms with Crippen LogP contribution < -0.4 is 0 Å². The number of amides is 3. The fraction of sp³-hybridized carbons (Fsp3) is 0.778. The van der Waals surface area contributed by atoms with E-state index in [4.69, 9.17) is 0 Å². The molecular weight excluding hydrogens is 200 g/mol. The summed E-state index contributed by atoms with van der Waals surface area (Å²) in [6.07, 6.45) is 0.935. The Kier molecular flexibility index (Phi) is 3.80. The number of likely N-dealkylation sites (N-methyl/N-ethyl adjacent to an activating group) is 1. The summed E-state index contributed by atoms with van der Waals surface area (Å²) < 4.78 is 0. The lowest BCUT2D eigenvalue weighted by molar-refractivity contribution is -0.125. The van der Waals surface area contributed by atoms with Crippen molar-refractivity contribution in [3.05, 3.63) is 0 Å². The third-order valence-electron chi connectivity index (χ3n) is 2.51. The van der Waals surface area contributed by atoms with Crippen LogP contribution in [0, 0.1) is 5.92 Å². The van der Waals surface area contributed by atoms with Gasteiger partial charge in [0.25, 0.3) is 0 Å². The molecule has 0 radical (unpaired) electrons. The Bertz CT molecular complexity index is 241. The number of rotatable bonds is 4. The van der Waals surface area contributed by atoms with Crippen molar-refractivity contribution < 1.29 is 9.59 Å². The number of hydrogen-bond acceptors (Lipinski definition) is 3. The van der Waals surface area contributed by atoms with E-state index in [1.807, 2.05) is 6.92 Å². The Balaban J connectivity index is 2.59. The van der Waals surface area contributed by atoms with E-state index in [0.717, 1.165) is 6.42 Å². The molecule has 1 atom stereocenters. The molecule has 1 saturated heterocycles. The van der Waals surface area contributed by atoms with Crippen LogP contribution in [0.25, 0.3) is 0 Å². The van der Waals surface area contributed by atoms with E-state index in [2.05, 4.69) is 12.6 Å². The van der Waals surface area contributed by atoms with Gasteiger partial charge >= 0.3 is 6.03 Å². The lowest BCUT2D eigenvalue weighted by Crippen LogP contribution is -2.36. The van der Waals surface area contributed by atoms with Gasteiger partial charge in [-0.3, -0.25) is 9.69 Å². The van der Waals surface area contributed by atoms with Gasteiger partial charge in [-0.25, -0.2) is 4.79 Å². The molecule has 1 aliphatic heterocycles. The number of hydrogen-bond donors (Lipinski definition) is 1. The maximum atomic E-state index is 11.5. The highest BCUT2D eigenvalue weighted by molar-refractivity contribution is 7.80. The quantitative estimate of drug-likeness (QED) is 0.559. The van der Waals surface area contributed by atoms with Crippen molar-refractivity contribution in [3.8, 4) is 0 Å². The monoisotopic (exact) mass is 216 g/mol. The smallest absolute Gasteiger partial charge is 0.318 e. The predicted octanol–water partition coefficient (Wildman–Crippen LogP) is 0.836. The Morgan fingerprint density at radius 2 is 2.14 bits per heavy atom. The van der Waals surface area contributed by atoms with Crippen molar-refractivity contribution in [3.63, 3.8) is 0 Å². The number of urea groups is 1. The Labute approximate surface area is 89.7 Å². The first-order valence-corrected chi connectivity index (χ1v) is 5.39. The molecule has 0 aromatic carbocycles. The molecule has 4 nitrogen and oxygen atoms in total. The average Bonchev–Trinajstić information content (AvgIpc) is 2.40. The molecule has 1 unspecified atom stereocenters. The highest BCUT2D eigenvalue weighted by Gasteiger charge is 2.34. The second-order valence-corrected chi connectivity index (χ2v) is 3.96. The molecule has 0 saturated carbocycles. The minimum Gasteiger partial charge on any atom is -0.318 e. The molecule has 1 fully saturated rings. The lowest BCUT2D eigenvalue weighted by Gasteiger charge is -2.19. The third kappa shape index (κ3) is 2.20. The normalized spacial score (nSPS) is 19.4.